The van der Waals surface area contributed by atoms with E-state index >= 15 is 0 Å². The van der Waals surface area contributed by atoms with Crippen molar-refractivity contribution in [1.82, 2.24) is 29.9 Å². The first-order valence-corrected chi connectivity index (χ1v) is 9.69. The van der Waals surface area contributed by atoms with E-state index in [-0.39, 0.29) is 24.0 Å². The zero-order chi connectivity index (χ0) is 18.5. The van der Waals surface area contributed by atoms with Crippen molar-refractivity contribution in [3.8, 4) is 5.69 Å². The molecule has 0 saturated carbocycles. The van der Waals surface area contributed by atoms with Crippen LogP contribution in [0.3, 0.4) is 0 Å². The Morgan fingerprint density at radius 2 is 2.14 bits per heavy atom. The summed E-state index contributed by atoms with van der Waals surface area (Å²) in [5, 5.41) is 7.66. The molecule has 2 aliphatic heterocycles. The Morgan fingerprint density at radius 3 is 2.89 bits per heavy atom. The van der Waals surface area contributed by atoms with E-state index in [4.69, 9.17) is 4.99 Å². The zero-order valence-electron chi connectivity index (χ0n) is 16.2. The van der Waals surface area contributed by atoms with E-state index in [9.17, 15) is 0 Å². The molecule has 1 aromatic heterocycles. The fourth-order valence-electron chi connectivity index (χ4n) is 3.76. The van der Waals surface area contributed by atoms with Gasteiger partial charge in [-0.25, -0.2) is 14.7 Å². The fourth-order valence-corrected chi connectivity index (χ4v) is 3.76. The summed E-state index contributed by atoms with van der Waals surface area (Å²) < 4.78 is 1.77. The van der Waals surface area contributed by atoms with Crippen molar-refractivity contribution in [1.29, 1.82) is 0 Å². The molecule has 1 aromatic carbocycles. The Morgan fingerprint density at radius 1 is 1.29 bits per heavy atom. The Kier molecular flexibility index (Phi) is 7.43. The lowest BCUT2D eigenvalue weighted by atomic mass is 10.2. The van der Waals surface area contributed by atoms with E-state index in [1.165, 1.54) is 6.42 Å². The van der Waals surface area contributed by atoms with E-state index in [2.05, 4.69) is 56.4 Å². The van der Waals surface area contributed by atoms with Gasteiger partial charge in [0.2, 0.25) is 0 Å². The molecule has 150 valence electrons. The van der Waals surface area contributed by atoms with Crippen molar-refractivity contribution in [2.24, 2.45) is 4.99 Å². The molecule has 8 heteroatoms. The SMILES string of the molecule is CCNC(=NCc1cccc(-n2cncn2)c1)N1CCC(N2CC=CC2)C1.I. The predicted octanol–water partition coefficient (Wildman–Crippen LogP) is 2.30. The minimum absolute atomic E-state index is 0. The predicted molar refractivity (Wildman–Crippen MR) is 122 cm³/mol. The molecule has 7 nitrogen and oxygen atoms in total. The molecule has 2 aliphatic rings. The van der Waals surface area contributed by atoms with Crippen LogP contribution in [0.1, 0.15) is 18.9 Å². The van der Waals surface area contributed by atoms with Gasteiger partial charge in [0.05, 0.1) is 12.2 Å². The molecule has 0 spiro atoms. The number of hydrogen-bond acceptors (Lipinski definition) is 4. The fraction of sp³-hybridized carbons (Fsp3) is 0.450. The van der Waals surface area contributed by atoms with Crippen LogP contribution < -0.4 is 5.32 Å². The highest BCUT2D eigenvalue weighted by atomic mass is 127. The summed E-state index contributed by atoms with van der Waals surface area (Å²) in [4.78, 5) is 13.9. The van der Waals surface area contributed by atoms with Gasteiger partial charge >= 0.3 is 0 Å². The Labute approximate surface area is 183 Å². The maximum Gasteiger partial charge on any atom is 0.194 e. The summed E-state index contributed by atoms with van der Waals surface area (Å²) in [5.41, 5.74) is 2.17. The number of nitrogens with one attached hydrogen (secondary N) is 1. The number of hydrogen-bond donors (Lipinski definition) is 1. The average molecular weight is 493 g/mol. The lowest BCUT2D eigenvalue weighted by Gasteiger charge is -2.25. The first-order valence-electron chi connectivity index (χ1n) is 9.69. The van der Waals surface area contributed by atoms with Crippen LogP contribution in [0.15, 0.2) is 54.1 Å². The summed E-state index contributed by atoms with van der Waals surface area (Å²) in [6.45, 7) is 7.93. The molecule has 3 heterocycles. The number of guanidine groups is 1. The van der Waals surface area contributed by atoms with Gasteiger partial charge in [-0.15, -0.1) is 24.0 Å². The summed E-state index contributed by atoms with van der Waals surface area (Å²) in [6, 6.07) is 8.92. The van der Waals surface area contributed by atoms with Gasteiger partial charge in [-0.3, -0.25) is 4.90 Å². The van der Waals surface area contributed by atoms with E-state index in [0.29, 0.717) is 12.6 Å². The van der Waals surface area contributed by atoms with Crippen LogP contribution in [0.2, 0.25) is 0 Å². The molecule has 1 fully saturated rings. The van der Waals surface area contributed by atoms with Gasteiger partial charge in [0, 0.05) is 38.8 Å². The van der Waals surface area contributed by atoms with Crippen LogP contribution >= 0.6 is 24.0 Å². The van der Waals surface area contributed by atoms with Gasteiger partial charge < -0.3 is 10.2 Å². The third-order valence-corrected chi connectivity index (χ3v) is 5.17. The van der Waals surface area contributed by atoms with Gasteiger partial charge in [0.1, 0.15) is 12.7 Å². The van der Waals surface area contributed by atoms with Crippen molar-refractivity contribution in [2.75, 3.05) is 32.7 Å². The lowest BCUT2D eigenvalue weighted by Crippen LogP contribution is -2.42. The van der Waals surface area contributed by atoms with Crippen LogP contribution in [-0.4, -0.2) is 69.3 Å². The molecular formula is C20H28IN7. The van der Waals surface area contributed by atoms with Crippen LogP contribution in [0.25, 0.3) is 5.69 Å². The number of aromatic nitrogens is 3. The first-order chi connectivity index (χ1) is 13.3. The highest BCUT2D eigenvalue weighted by molar-refractivity contribution is 14.0. The second kappa shape index (κ2) is 10.0. The molecular weight excluding hydrogens is 465 g/mol. The number of aliphatic imine (C=N–C) groups is 1. The van der Waals surface area contributed by atoms with E-state index < -0.39 is 0 Å². The third-order valence-electron chi connectivity index (χ3n) is 5.17. The van der Waals surface area contributed by atoms with Crippen molar-refractivity contribution < 1.29 is 0 Å². The van der Waals surface area contributed by atoms with Crippen LogP contribution in [0.4, 0.5) is 0 Å². The number of rotatable bonds is 5. The van der Waals surface area contributed by atoms with Crippen molar-refractivity contribution in [3.05, 3.63) is 54.6 Å². The summed E-state index contributed by atoms with van der Waals surface area (Å²) >= 11 is 0. The summed E-state index contributed by atoms with van der Waals surface area (Å²) in [6.07, 6.45) is 9.00. The Bertz CT molecular complexity index is 795. The molecule has 1 saturated heterocycles. The maximum atomic E-state index is 4.90. The summed E-state index contributed by atoms with van der Waals surface area (Å²) in [7, 11) is 0. The largest absolute Gasteiger partial charge is 0.357 e. The molecule has 0 bridgehead atoms. The summed E-state index contributed by atoms with van der Waals surface area (Å²) in [5.74, 6) is 1.01. The quantitative estimate of drug-likeness (QED) is 0.300. The van der Waals surface area contributed by atoms with Crippen LogP contribution in [0, 0.1) is 0 Å². The van der Waals surface area contributed by atoms with Crippen molar-refractivity contribution >= 4 is 29.9 Å². The molecule has 28 heavy (non-hydrogen) atoms. The standard InChI is InChI=1S/C20H27N7.HI/c1-2-22-20(26-11-8-19(14-26)25-9-3-4-10-25)23-13-17-6-5-7-18(12-17)27-16-21-15-24-27;/h3-7,12,15-16,19H,2,8-11,13-14H2,1H3,(H,22,23);1H. The minimum Gasteiger partial charge on any atom is -0.357 e. The number of nitrogens with zero attached hydrogens (tertiary/aromatic N) is 6. The van der Waals surface area contributed by atoms with E-state index in [1.54, 1.807) is 17.3 Å². The number of benzene rings is 1. The molecule has 0 amide bonds. The molecule has 0 aliphatic carbocycles. The van der Waals surface area contributed by atoms with Gasteiger partial charge in [0.25, 0.3) is 0 Å². The zero-order valence-corrected chi connectivity index (χ0v) is 18.6. The molecule has 1 N–H and O–H groups in total. The van der Waals surface area contributed by atoms with Gasteiger partial charge in [-0.2, -0.15) is 5.10 Å². The maximum absolute atomic E-state index is 4.90. The van der Waals surface area contributed by atoms with E-state index in [1.807, 2.05) is 12.1 Å². The molecule has 4 rings (SSSR count). The third kappa shape index (κ3) is 4.91. The minimum atomic E-state index is 0. The highest BCUT2D eigenvalue weighted by Gasteiger charge is 2.29. The smallest absolute Gasteiger partial charge is 0.194 e. The van der Waals surface area contributed by atoms with Gasteiger partial charge in [-0.1, -0.05) is 24.3 Å². The first kappa shape index (κ1) is 20.8. The second-order valence-electron chi connectivity index (χ2n) is 6.99. The molecule has 1 atom stereocenters. The van der Waals surface area contributed by atoms with Gasteiger partial charge in [-0.05, 0) is 31.0 Å². The lowest BCUT2D eigenvalue weighted by molar-refractivity contribution is 0.259. The molecule has 2 aromatic rings. The van der Waals surface area contributed by atoms with Crippen LogP contribution in [-0.2, 0) is 6.54 Å². The molecule has 1 unspecified atom stereocenters. The van der Waals surface area contributed by atoms with Crippen molar-refractivity contribution in [3.63, 3.8) is 0 Å². The Balaban J connectivity index is 0.00000225. The second-order valence-corrected chi connectivity index (χ2v) is 6.99. The number of likely N-dealkylation sites (tertiary alicyclic amines) is 1. The topological polar surface area (TPSA) is 61.6 Å². The monoisotopic (exact) mass is 493 g/mol. The Hall–Kier alpha value is -1.94. The average Bonchev–Trinajstić information content (AvgIpc) is 3.46. The van der Waals surface area contributed by atoms with E-state index in [0.717, 1.165) is 49.9 Å². The van der Waals surface area contributed by atoms with Gasteiger partial charge in [0.15, 0.2) is 5.96 Å². The molecule has 0 radical (unpaired) electrons. The van der Waals surface area contributed by atoms with Crippen molar-refractivity contribution in [2.45, 2.75) is 25.9 Å². The van der Waals surface area contributed by atoms with Crippen LogP contribution in [0.5, 0.6) is 0 Å². The highest BCUT2D eigenvalue weighted by Crippen LogP contribution is 2.18. The number of halogens is 1. The normalized spacial score (nSPS) is 19.8.